The van der Waals surface area contributed by atoms with Crippen molar-refractivity contribution < 1.29 is 9.84 Å². The first-order chi connectivity index (χ1) is 9.65. The molecule has 0 aromatic heterocycles. The second-order valence-corrected chi connectivity index (χ2v) is 5.69. The van der Waals surface area contributed by atoms with Crippen LogP contribution in [0.3, 0.4) is 0 Å². The zero-order chi connectivity index (χ0) is 14.5. The number of nitrogens with two attached hydrogens (primary N) is 1. The van der Waals surface area contributed by atoms with Crippen molar-refractivity contribution in [3.63, 3.8) is 0 Å². The molecule has 1 saturated heterocycles. The topological polar surface area (TPSA) is 58.7 Å². The van der Waals surface area contributed by atoms with Crippen LogP contribution in [0, 0.1) is 11.8 Å². The molecule has 3 N–H and O–H groups in total. The Labute approximate surface area is 121 Å². The molecule has 0 saturated carbocycles. The smallest absolute Gasteiger partial charge is 0.162 e. The SMILES string of the molecule is CCOc1cccc(CN2CCC(C)C(CN)C2)c1O. The predicted molar refractivity (Wildman–Crippen MR) is 80.9 cm³/mol. The number of piperidine rings is 1. The molecular formula is C16H26N2O2. The Morgan fingerprint density at radius 3 is 2.95 bits per heavy atom. The van der Waals surface area contributed by atoms with E-state index in [-0.39, 0.29) is 5.75 Å². The quantitative estimate of drug-likeness (QED) is 0.867. The summed E-state index contributed by atoms with van der Waals surface area (Å²) in [5.41, 5.74) is 6.78. The van der Waals surface area contributed by atoms with E-state index in [0.717, 1.165) is 31.7 Å². The maximum absolute atomic E-state index is 10.2. The molecule has 4 heteroatoms. The lowest BCUT2D eigenvalue weighted by molar-refractivity contribution is 0.125. The van der Waals surface area contributed by atoms with Gasteiger partial charge in [0.1, 0.15) is 0 Å². The molecule has 0 bridgehead atoms. The van der Waals surface area contributed by atoms with E-state index < -0.39 is 0 Å². The second kappa shape index (κ2) is 6.95. The molecule has 0 aliphatic carbocycles. The molecule has 0 amide bonds. The number of phenolic OH excluding ortho intramolecular Hbond substituents is 1. The minimum atomic E-state index is 0.275. The fourth-order valence-electron chi connectivity index (χ4n) is 2.88. The van der Waals surface area contributed by atoms with E-state index in [9.17, 15) is 5.11 Å². The molecule has 1 aliphatic heterocycles. The van der Waals surface area contributed by atoms with Crippen LogP contribution in [-0.4, -0.2) is 36.2 Å². The van der Waals surface area contributed by atoms with E-state index in [1.807, 2.05) is 25.1 Å². The van der Waals surface area contributed by atoms with Gasteiger partial charge in [0.2, 0.25) is 0 Å². The maximum atomic E-state index is 10.2. The largest absolute Gasteiger partial charge is 0.504 e. The highest BCUT2D eigenvalue weighted by atomic mass is 16.5. The lowest BCUT2D eigenvalue weighted by atomic mass is 9.87. The first-order valence-corrected chi connectivity index (χ1v) is 7.51. The summed E-state index contributed by atoms with van der Waals surface area (Å²) < 4.78 is 5.44. The van der Waals surface area contributed by atoms with Gasteiger partial charge in [-0.25, -0.2) is 0 Å². The standard InChI is InChI=1S/C16H26N2O2/c1-3-20-15-6-4-5-13(16(15)19)10-18-8-7-12(2)14(9-17)11-18/h4-6,12,14,19H,3,7-11,17H2,1-2H3. The van der Waals surface area contributed by atoms with Gasteiger partial charge in [0.05, 0.1) is 6.61 Å². The fourth-order valence-corrected chi connectivity index (χ4v) is 2.88. The van der Waals surface area contributed by atoms with E-state index >= 15 is 0 Å². The molecule has 4 nitrogen and oxygen atoms in total. The van der Waals surface area contributed by atoms with Gasteiger partial charge in [0.25, 0.3) is 0 Å². The predicted octanol–water partition coefficient (Wildman–Crippen LogP) is 2.21. The van der Waals surface area contributed by atoms with Crippen LogP contribution in [0.2, 0.25) is 0 Å². The highest BCUT2D eigenvalue weighted by Gasteiger charge is 2.25. The Morgan fingerprint density at radius 1 is 1.45 bits per heavy atom. The van der Waals surface area contributed by atoms with Crippen molar-refractivity contribution in [2.45, 2.75) is 26.8 Å². The van der Waals surface area contributed by atoms with E-state index in [2.05, 4.69) is 11.8 Å². The van der Waals surface area contributed by atoms with Crippen molar-refractivity contribution in [3.05, 3.63) is 23.8 Å². The molecule has 1 fully saturated rings. The van der Waals surface area contributed by atoms with E-state index in [1.54, 1.807) is 0 Å². The minimum Gasteiger partial charge on any atom is -0.504 e. The van der Waals surface area contributed by atoms with Gasteiger partial charge in [-0.2, -0.15) is 0 Å². The Kier molecular flexibility index (Phi) is 5.26. The van der Waals surface area contributed by atoms with E-state index in [0.29, 0.717) is 24.2 Å². The number of likely N-dealkylation sites (tertiary alicyclic amines) is 1. The zero-order valence-corrected chi connectivity index (χ0v) is 12.5. The molecule has 20 heavy (non-hydrogen) atoms. The van der Waals surface area contributed by atoms with Crippen molar-refractivity contribution in [1.82, 2.24) is 4.90 Å². The summed E-state index contributed by atoms with van der Waals surface area (Å²) in [6.07, 6.45) is 1.17. The van der Waals surface area contributed by atoms with E-state index in [4.69, 9.17) is 10.5 Å². The lowest BCUT2D eigenvalue weighted by Crippen LogP contribution is -2.42. The normalized spacial score (nSPS) is 23.8. The average Bonchev–Trinajstić information content (AvgIpc) is 2.45. The molecule has 2 atom stereocenters. The first kappa shape index (κ1) is 15.1. The summed E-state index contributed by atoms with van der Waals surface area (Å²) in [6, 6.07) is 5.71. The first-order valence-electron chi connectivity index (χ1n) is 7.51. The van der Waals surface area contributed by atoms with Crippen molar-refractivity contribution in [2.24, 2.45) is 17.6 Å². The number of nitrogens with zero attached hydrogens (tertiary/aromatic N) is 1. The third-order valence-electron chi connectivity index (χ3n) is 4.28. The molecule has 112 valence electrons. The Hall–Kier alpha value is -1.26. The number of hydrogen-bond donors (Lipinski definition) is 2. The summed E-state index contributed by atoms with van der Waals surface area (Å²) in [5.74, 6) is 2.10. The van der Waals surface area contributed by atoms with Gasteiger partial charge >= 0.3 is 0 Å². The third-order valence-corrected chi connectivity index (χ3v) is 4.28. The van der Waals surface area contributed by atoms with Gasteiger partial charge in [-0.1, -0.05) is 19.1 Å². The van der Waals surface area contributed by atoms with Crippen molar-refractivity contribution in [3.8, 4) is 11.5 Å². The number of aromatic hydroxyl groups is 1. The number of hydrogen-bond acceptors (Lipinski definition) is 4. The van der Waals surface area contributed by atoms with Gasteiger partial charge in [-0.3, -0.25) is 4.90 Å². The summed E-state index contributed by atoms with van der Waals surface area (Å²) in [6.45, 7) is 8.34. The molecule has 1 aliphatic rings. The van der Waals surface area contributed by atoms with Gasteiger partial charge < -0.3 is 15.6 Å². The lowest BCUT2D eigenvalue weighted by Gasteiger charge is -2.36. The van der Waals surface area contributed by atoms with Crippen molar-refractivity contribution >= 4 is 0 Å². The summed E-state index contributed by atoms with van der Waals surface area (Å²) in [4.78, 5) is 2.38. The molecule has 1 aromatic carbocycles. The van der Waals surface area contributed by atoms with Crippen LogP contribution in [0.4, 0.5) is 0 Å². The van der Waals surface area contributed by atoms with Crippen LogP contribution in [0.25, 0.3) is 0 Å². The van der Waals surface area contributed by atoms with Crippen LogP contribution < -0.4 is 10.5 Å². The highest BCUT2D eigenvalue weighted by Crippen LogP contribution is 2.32. The van der Waals surface area contributed by atoms with Crippen molar-refractivity contribution in [1.29, 1.82) is 0 Å². The Balaban J connectivity index is 2.05. The van der Waals surface area contributed by atoms with Crippen LogP contribution >= 0.6 is 0 Å². The molecule has 2 rings (SSSR count). The Bertz CT molecular complexity index is 436. The minimum absolute atomic E-state index is 0.275. The van der Waals surface area contributed by atoms with Crippen LogP contribution in [0.15, 0.2) is 18.2 Å². The van der Waals surface area contributed by atoms with Gasteiger partial charge in [-0.15, -0.1) is 0 Å². The summed E-state index contributed by atoms with van der Waals surface area (Å²) in [7, 11) is 0. The molecule has 0 radical (unpaired) electrons. The van der Waals surface area contributed by atoms with Gasteiger partial charge in [0, 0.05) is 18.7 Å². The fraction of sp³-hybridized carbons (Fsp3) is 0.625. The molecular weight excluding hydrogens is 252 g/mol. The van der Waals surface area contributed by atoms with Crippen LogP contribution in [0.5, 0.6) is 11.5 Å². The highest BCUT2D eigenvalue weighted by molar-refractivity contribution is 5.45. The van der Waals surface area contributed by atoms with Gasteiger partial charge in [-0.05, 0) is 44.3 Å². The molecule has 1 heterocycles. The average molecular weight is 278 g/mol. The van der Waals surface area contributed by atoms with Crippen molar-refractivity contribution in [2.75, 3.05) is 26.2 Å². The third kappa shape index (κ3) is 3.44. The molecule has 1 aromatic rings. The second-order valence-electron chi connectivity index (χ2n) is 5.69. The molecule has 0 spiro atoms. The Morgan fingerprint density at radius 2 is 2.25 bits per heavy atom. The zero-order valence-electron chi connectivity index (χ0n) is 12.5. The van der Waals surface area contributed by atoms with Crippen LogP contribution in [0.1, 0.15) is 25.8 Å². The van der Waals surface area contributed by atoms with Crippen LogP contribution in [-0.2, 0) is 6.54 Å². The number of rotatable bonds is 5. The number of ether oxygens (including phenoxy) is 1. The van der Waals surface area contributed by atoms with E-state index in [1.165, 1.54) is 6.42 Å². The van der Waals surface area contributed by atoms with Gasteiger partial charge in [0.15, 0.2) is 11.5 Å². The summed E-state index contributed by atoms with van der Waals surface area (Å²) in [5, 5.41) is 10.2. The number of phenols is 1. The molecule has 2 unspecified atom stereocenters. The maximum Gasteiger partial charge on any atom is 0.162 e. The summed E-state index contributed by atoms with van der Waals surface area (Å²) >= 11 is 0. The number of para-hydroxylation sites is 1. The monoisotopic (exact) mass is 278 g/mol. The number of benzene rings is 1.